The molecular formula is C24H23NO5. The molecule has 1 aliphatic rings. The summed E-state index contributed by atoms with van der Waals surface area (Å²) < 4.78 is 18.4. The van der Waals surface area contributed by atoms with Crippen molar-refractivity contribution < 1.29 is 23.8 Å². The number of Topliss-reactive ketones (excluding diaryl/α,β-unsaturated/α-hetero) is 1. The van der Waals surface area contributed by atoms with Gasteiger partial charge in [0.05, 0.1) is 12.7 Å². The van der Waals surface area contributed by atoms with Crippen LogP contribution in [0.5, 0.6) is 11.5 Å². The molecule has 0 bridgehead atoms. The van der Waals surface area contributed by atoms with Gasteiger partial charge >= 0.3 is 5.97 Å². The Morgan fingerprint density at radius 3 is 2.77 bits per heavy atom. The highest BCUT2D eigenvalue weighted by Gasteiger charge is 2.31. The number of nitrogens with zero attached hydrogens (tertiary/aromatic N) is 1. The number of ketones is 1. The van der Waals surface area contributed by atoms with Gasteiger partial charge in [-0.3, -0.25) is 4.79 Å². The Morgan fingerprint density at radius 1 is 1.27 bits per heavy atom. The lowest BCUT2D eigenvalue weighted by molar-refractivity contribution is -0.147. The third kappa shape index (κ3) is 3.34. The Balaban J connectivity index is 1.69. The number of aryl methyl sites for hydroxylation is 2. The molecule has 3 aromatic rings. The van der Waals surface area contributed by atoms with Crippen LogP contribution in [0.15, 0.2) is 48.4 Å². The molecule has 0 saturated carbocycles. The van der Waals surface area contributed by atoms with E-state index in [1.54, 1.807) is 25.1 Å². The Kier molecular flexibility index (Phi) is 5.08. The van der Waals surface area contributed by atoms with Gasteiger partial charge in [-0.2, -0.15) is 0 Å². The first-order valence-electron chi connectivity index (χ1n) is 9.84. The molecule has 1 aliphatic heterocycles. The molecule has 4 rings (SSSR count). The molecule has 0 radical (unpaired) electrons. The molecule has 6 nitrogen and oxygen atoms in total. The second-order valence-electron chi connectivity index (χ2n) is 7.22. The predicted molar refractivity (Wildman–Crippen MR) is 114 cm³/mol. The molecule has 1 atom stereocenters. The van der Waals surface area contributed by atoms with Crippen LogP contribution in [0.4, 0.5) is 0 Å². The number of methoxy groups -OCH3 is 1. The molecule has 2 heterocycles. The van der Waals surface area contributed by atoms with E-state index in [1.165, 1.54) is 7.11 Å². The summed E-state index contributed by atoms with van der Waals surface area (Å²) in [6, 6.07) is 11.4. The van der Waals surface area contributed by atoms with Gasteiger partial charge in [-0.05, 0) is 44.5 Å². The van der Waals surface area contributed by atoms with Crippen LogP contribution in [0, 0.1) is 6.92 Å². The third-order valence-electron chi connectivity index (χ3n) is 5.24. The maximum atomic E-state index is 13.0. The normalized spacial score (nSPS) is 15.2. The Hall–Kier alpha value is -3.54. The summed E-state index contributed by atoms with van der Waals surface area (Å²) in [4.78, 5) is 24.6. The summed E-state index contributed by atoms with van der Waals surface area (Å²) in [6.07, 6.45) is 3.05. The molecule has 30 heavy (non-hydrogen) atoms. The van der Waals surface area contributed by atoms with Crippen molar-refractivity contribution in [2.45, 2.75) is 33.4 Å². The number of carbonyl (C=O) groups is 2. The summed E-state index contributed by atoms with van der Waals surface area (Å²) in [5, 5.41) is 1.06. The predicted octanol–water partition coefficient (Wildman–Crippen LogP) is 4.53. The smallest absolute Gasteiger partial charge is 0.346 e. The zero-order valence-electron chi connectivity index (χ0n) is 17.4. The van der Waals surface area contributed by atoms with Crippen LogP contribution in [0.1, 0.15) is 35.3 Å². The van der Waals surface area contributed by atoms with E-state index < -0.39 is 12.1 Å². The molecule has 1 unspecified atom stereocenters. The van der Waals surface area contributed by atoms with Crippen LogP contribution in [0.25, 0.3) is 17.0 Å². The van der Waals surface area contributed by atoms with E-state index in [9.17, 15) is 9.59 Å². The first-order chi connectivity index (χ1) is 14.4. The molecule has 0 amide bonds. The molecule has 0 N–H and O–H groups in total. The lowest BCUT2D eigenvalue weighted by Crippen LogP contribution is -2.24. The summed E-state index contributed by atoms with van der Waals surface area (Å²) in [6.45, 7) is 6.34. The maximum Gasteiger partial charge on any atom is 0.346 e. The quantitative estimate of drug-likeness (QED) is 0.461. The third-order valence-corrected chi connectivity index (χ3v) is 5.24. The number of allylic oxidation sites excluding steroid dienone is 1. The van der Waals surface area contributed by atoms with Crippen molar-refractivity contribution in [2.75, 3.05) is 7.11 Å². The largest absolute Gasteiger partial charge is 0.479 e. The first-order valence-corrected chi connectivity index (χ1v) is 9.84. The summed E-state index contributed by atoms with van der Waals surface area (Å²) in [5.74, 6) is 0.505. The molecule has 154 valence electrons. The van der Waals surface area contributed by atoms with Gasteiger partial charge in [-0.1, -0.05) is 18.2 Å². The number of hydrogen-bond acceptors (Lipinski definition) is 5. The highest BCUT2D eigenvalue weighted by atomic mass is 16.6. The zero-order chi connectivity index (χ0) is 21.4. The van der Waals surface area contributed by atoms with Gasteiger partial charge < -0.3 is 18.8 Å². The fourth-order valence-corrected chi connectivity index (χ4v) is 3.76. The number of hydrogen-bond donors (Lipinski definition) is 0. The van der Waals surface area contributed by atoms with E-state index in [0.29, 0.717) is 17.1 Å². The Bertz CT molecular complexity index is 1190. The number of rotatable bonds is 5. The molecule has 2 aromatic carbocycles. The number of benzene rings is 2. The SMILES string of the molecule is CCn1cc(/C=C2\Oc3cc(OC(C)C(=O)OC)cc(C)c3C2=O)c2ccccc21. The number of para-hydroxylation sites is 1. The van der Waals surface area contributed by atoms with E-state index in [1.807, 2.05) is 31.3 Å². The molecule has 0 fully saturated rings. The number of carbonyl (C=O) groups excluding carboxylic acids is 2. The van der Waals surface area contributed by atoms with Gasteiger partial charge in [-0.25, -0.2) is 4.79 Å². The fourth-order valence-electron chi connectivity index (χ4n) is 3.76. The van der Waals surface area contributed by atoms with E-state index in [-0.39, 0.29) is 11.5 Å². The van der Waals surface area contributed by atoms with E-state index in [0.717, 1.165) is 28.6 Å². The average molecular weight is 405 g/mol. The molecule has 0 spiro atoms. The van der Waals surface area contributed by atoms with Crippen LogP contribution in [0.3, 0.4) is 0 Å². The van der Waals surface area contributed by atoms with Crippen molar-refractivity contribution in [3.63, 3.8) is 0 Å². The zero-order valence-corrected chi connectivity index (χ0v) is 17.4. The topological polar surface area (TPSA) is 66.8 Å². The molecular weight excluding hydrogens is 382 g/mol. The molecule has 0 aliphatic carbocycles. The van der Waals surface area contributed by atoms with E-state index >= 15 is 0 Å². The fraction of sp³-hybridized carbons (Fsp3) is 0.250. The van der Waals surface area contributed by atoms with Gasteiger partial charge in [0.25, 0.3) is 0 Å². The van der Waals surface area contributed by atoms with Gasteiger partial charge in [0, 0.05) is 35.3 Å². The minimum Gasteiger partial charge on any atom is -0.479 e. The number of esters is 1. The highest BCUT2D eigenvalue weighted by molar-refractivity contribution is 6.16. The van der Waals surface area contributed by atoms with Gasteiger partial charge in [0.1, 0.15) is 11.5 Å². The summed E-state index contributed by atoms with van der Waals surface area (Å²) >= 11 is 0. The number of aromatic nitrogens is 1. The minimum absolute atomic E-state index is 0.164. The van der Waals surface area contributed by atoms with Crippen LogP contribution in [-0.4, -0.2) is 29.5 Å². The van der Waals surface area contributed by atoms with Crippen LogP contribution < -0.4 is 9.47 Å². The van der Waals surface area contributed by atoms with Crippen molar-refractivity contribution in [3.05, 3.63) is 65.0 Å². The first kappa shape index (κ1) is 19.8. The number of fused-ring (bicyclic) bond motifs is 2. The lowest BCUT2D eigenvalue weighted by Gasteiger charge is -2.13. The average Bonchev–Trinajstić information content (AvgIpc) is 3.25. The van der Waals surface area contributed by atoms with Crippen molar-refractivity contribution >= 4 is 28.7 Å². The molecule has 1 aromatic heterocycles. The second-order valence-corrected chi connectivity index (χ2v) is 7.22. The van der Waals surface area contributed by atoms with Gasteiger partial charge in [-0.15, -0.1) is 0 Å². The van der Waals surface area contributed by atoms with Crippen LogP contribution in [-0.2, 0) is 16.1 Å². The monoisotopic (exact) mass is 405 g/mol. The van der Waals surface area contributed by atoms with Gasteiger partial charge in [0.2, 0.25) is 5.78 Å². The van der Waals surface area contributed by atoms with Crippen LogP contribution >= 0.6 is 0 Å². The summed E-state index contributed by atoms with van der Waals surface area (Å²) in [7, 11) is 1.31. The van der Waals surface area contributed by atoms with Crippen molar-refractivity contribution in [1.82, 2.24) is 4.57 Å². The molecule has 6 heteroatoms. The van der Waals surface area contributed by atoms with E-state index in [2.05, 4.69) is 17.6 Å². The number of ether oxygens (including phenoxy) is 3. The lowest BCUT2D eigenvalue weighted by atomic mass is 10.0. The Morgan fingerprint density at radius 2 is 2.03 bits per heavy atom. The van der Waals surface area contributed by atoms with Gasteiger partial charge in [0.15, 0.2) is 11.9 Å². The second kappa shape index (κ2) is 7.71. The van der Waals surface area contributed by atoms with Crippen LogP contribution in [0.2, 0.25) is 0 Å². The maximum absolute atomic E-state index is 13.0. The van der Waals surface area contributed by atoms with Crippen molar-refractivity contribution in [2.24, 2.45) is 0 Å². The van der Waals surface area contributed by atoms with Crippen molar-refractivity contribution in [1.29, 1.82) is 0 Å². The summed E-state index contributed by atoms with van der Waals surface area (Å²) in [5.41, 5.74) is 3.28. The molecule has 0 saturated heterocycles. The highest BCUT2D eigenvalue weighted by Crippen LogP contribution is 2.38. The van der Waals surface area contributed by atoms with E-state index in [4.69, 9.17) is 14.2 Å². The Labute approximate surface area is 174 Å². The standard InChI is InChI=1S/C24H23NO5/c1-5-25-13-16(18-8-6-7-9-19(18)25)11-21-23(26)22-14(2)10-17(12-20(22)30-21)29-15(3)24(27)28-4/h6-13,15H,5H2,1-4H3/b21-11-. The minimum atomic E-state index is -0.764. The van der Waals surface area contributed by atoms with Crippen molar-refractivity contribution in [3.8, 4) is 11.5 Å².